The molecular weight excluding hydrogens is 368 g/mol. The van der Waals surface area contributed by atoms with Crippen molar-refractivity contribution in [3.05, 3.63) is 30.7 Å². The molecule has 2 fully saturated rings. The molecule has 8 nitrogen and oxygen atoms in total. The second-order valence-corrected chi connectivity index (χ2v) is 8.23. The maximum atomic E-state index is 13.0. The average molecular weight is 399 g/mol. The maximum absolute atomic E-state index is 13.0. The lowest BCUT2D eigenvalue weighted by Crippen LogP contribution is -2.51. The smallest absolute Gasteiger partial charge is 0.323 e. The number of carbonyl (C=O) groups excluding carboxylic acids is 1. The number of nitrogens with zero attached hydrogens (tertiary/aromatic N) is 5. The lowest BCUT2D eigenvalue weighted by molar-refractivity contribution is -0.0712. The predicted octanol–water partition coefficient (Wildman–Crippen LogP) is 2.59. The van der Waals surface area contributed by atoms with Crippen LogP contribution in [0.4, 0.5) is 10.6 Å². The lowest BCUT2D eigenvalue weighted by atomic mass is 10.1. The molecule has 2 aromatic heterocycles. The Morgan fingerprint density at radius 2 is 2.07 bits per heavy atom. The highest BCUT2D eigenvalue weighted by Crippen LogP contribution is 2.23. The number of aryl methyl sites for hydroxylation is 1. The third-order valence-corrected chi connectivity index (χ3v) is 5.64. The molecule has 29 heavy (non-hydrogen) atoms. The molecule has 0 bridgehead atoms. The topological polar surface area (TPSA) is 75.5 Å². The van der Waals surface area contributed by atoms with E-state index in [1.165, 1.54) is 0 Å². The number of nitrogens with one attached hydrogen (secondary N) is 1. The van der Waals surface area contributed by atoms with Gasteiger partial charge in [-0.3, -0.25) is 14.9 Å². The van der Waals surface area contributed by atoms with Crippen molar-refractivity contribution in [2.24, 2.45) is 7.05 Å². The Hall–Kier alpha value is -2.45. The van der Waals surface area contributed by atoms with E-state index < -0.39 is 0 Å². The molecule has 0 spiro atoms. The quantitative estimate of drug-likeness (QED) is 0.857. The van der Waals surface area contributed by atoms with E-state index in [1.54, 1.807) is 10.9 Å². The number of anilines is 1. The van der Waals surface area contributed by atoms with Crippen LogP contribution < -0.4 is 5.32 Å². The van der Waals surface area contributed by atoms with Gasteiger partial charge in [0.05, 0.1) is 18.4 Å². The van der Waals surface area contributed by atoms with Gasteiger partial charge in [0.25, 0.3) is 0 Å². The van der Waals surface area contributed by atoms with Gasteiger partial charge in [0, 0.05) is 57.2 Å². The summed E-state index contributed by atoms with van der Waals surface area (Å²) in [7, 11) is 1.89. The highest BCUT2D eigenvalue weighted by atomic mass is 16.5. The lowest BCUT2D eigenvalue weighted by Gasteiger charge is -2.38. The minimum Gasteiger partial charge on any atom is -0.373 e. The van der Waals surface area contributed by atoms with Crippen molar-refractivity contribution < 1.29 is 9.53 Å². The fraction of sp³-hybridized carbons (Fsp3) is 0.571. The van der Waals surface area contributed by atoms with Crippen LogP contribution in [0.5, 0.6) is 0 Å². The van der Waals surface area contributed by atoms with Crippen LogP contribution in [0.15, 0.2) is 30.7 Å². The average Bonchev–Trinajstić information content (AvgIpc) is 3.30. The van der Waals surface area contributed by atoms with Crippen LogP contribution in [0.1, 0.15) is 26.7 Å². The summed E-state index contributed by atoms with van der Waals surface area (Å²) in [4.78, 5) is 21.7. The molecule has 2 saturated heterocycles. The molecule has 2 amide bonds. The van der Waals surface area contributed by atoms with E-state index in [2.05, 4.69) is 34.1 Å². The number of aromatic nitrogens is 3. The van der Waals surface area contributed by atoms with E-state index in [4.69, 9.17) is 4.74 Å². The molecule has 156 valence electrons. The van der Waals surface area contributed by atoms with Crippen molar-refractivity contribution in [1.82, 2.24) is 24.6 Å². The standard InChI is InChI=1S/C21H30N6O2/c1-15-11-26(12-16(2)29-15)14-19-5-4-8-27(19)21(28)24-20-9-17(6-7-22-20)18-10-23-25(3)13-18/h6-7,9-10,13,15-16,19H,4-5,8,11-12,14H2,1-3H3,(H,22,24,28). The summed E-state index contributed by atoms with van der Waals surface area (Å²) in [5.74, 6) is 0.565. The van der Waals surface area contributed by atoms with Crippen LogP contribution in [0.2, 0.25) is 0 Å². The summed E-state index contributed by atoms with van der Waals surface area (Å²) in [5, 5.41) is 7.20. The number of amides is 2. The van der Waals surface area contributed by atoms with Gasteiger partial charge in [-0.05, 0) is 44.4 Å². The Morgan fingerprint density at radius 1 is 1.28 bits per heavy atom. The Kier molecular flexibility index (Phi) is 5.82. The number of hydrogen-bond donors (Lipinski definition) is 1. The molecule has 8 heteroatoms. The largest absolute Gasteiger partial charge is 0.373 e. The second kappa shape index (κ2) is 8.51. The van der Waals surface area contributed by atoms with Gasteiger partial charge < -0.3 is 9.64 Å². The zero-order valence-electron chi connectivity index (χ0n) is 17.4. The zero-order valence-corrected chi connectivity index (χ0v) is 17.4. The van der Waals surface area contributed by atoms with Crippen LogP contribution in [0.3, 0.4) is 0 Å². The molecule has 0 aliphatic carbocycles. The van der Waals surface area contributed by atoms with Gasteiger partial charge >= 0.3 is 6.03 Å². The van der Waals surface area contributed by atoms with Crippen molar-refractivity contribution in [2.45, 2.75) is 44.9 Å². The number of likely N-dealkylation sites (tertiary alicyclic amines) is 1. The van der Waals surface area contributed by atoms with E-state index in [1.807, 2.05) is 36.5 Å². The van der Waals surface area contributed by atoms with Gasteiger partial charge in [0.15, 0.2) is 0 Å². The van der Waals surface area contributed by atoms with Crippen LogP contribution in [0.25, 0.3) is 11.1 Å². The number of carbonyl (C=O) groups is 1. The Bertz CT molecular complexity index is 843. The zero-order chi connectivity index (χ0) is 20.4. The Morgan fingerprint density at radius 3 is 2.79 bits per heavy atom. The van der Waals surface area contributed by atoms with Gasteiger partial charge in [-0.1, -0.05) is 0 Å². The van der Waals surface area contributed by atoms with Gasteiger partial charge in [-0.2, -0.15) is 5.10 Å². The molecule has 3 atom stereocenters. The van der Waals surface area contributed by atoms with Crippen LogP contribution in [-0.2, 0) is 11.8 Å². The predicted molar refractivity (Wildman–Crippen MR) is 112 cm³/mol. The summed E-state index contributed by atoms with van der Waals surface area (Å²) in [6.07, 6.45) is 8.02. The van der Waals surface area contributed by atoms with Gasteiger partial charge in [0.1, 0.15) is 5.82 Å². The molecule has 0 saturated carbocycles. The molecule has 2 aliphatic heterocycles. The normalized spacial score (nSPS) is 25.3. The fourth-order valence-electron chi connectivity index (χ4n) is 4.45. The monoisotopic (exact) mass is 398 g/mol. The SMILES string of the molecule is CC1CN(CC2CCCN2C(=O)Nc2cc(-c3cnn(C)c3)ccn2)CC(C)O1. The highest BCUT2D eigenvalue weighted by Gasteiger charge is 2.32. The molecule has 4 rings (SSSR count). The van der Waals surface area contributed by atoms with E-state index in [-0.39, 0.29) is 24.3 Å². The van der Waals surface area contributed by atoms with Gasteiger partial charge in [0.2, 0.25) is 0 Å². The first-order valence-electron chi connectivity index (χ1n) is 10.4. The van der Waals surface area contributed by atoms with Crippen molar-refractivity contribution >= 4 is 11.8 Å². The summed E-state index contributed by atoms with van der Waals surface area (Å²) in [5.41, 5.74) is 1.98. The number of pyridine rings is 1. The van der Waals surface area contributed by atoms with Crippen molar-refractivity contribution in [3.63, 3.8) is 0 Å². The summed E-state index contributed by atoms with van der Waals surface area (Å²) >= 11 is 0. The first-order chi connectivity index (χ1) is 14.0. The van der Waals surface area contributed by atoms with Crippen molar-refractivity contribution in [1.29, 1.82) is 0 Å². The van der Waals surface area contributed by atoms with Crippen molar-refractivity contribution in [3.8, 4) is 11.1 Å². The van der Waals surface area contributed by atoms with Gasteiger partial charge in [-0.15, -0.1) is 0 Å². The highest BCUT2D eigenvalue weighted by molar-refractivity contribution is 5.89. The molecule has 4 heterocycles. The van der Waals surface area contributed by atoms with E-state index >= 15 is 0 Å². The summed E-state index contributed by atoms with van der Waals surface area (Å²) < 4.78 is 7.59. The maximum Gasteiger partial charge on any atom is 0.323 e. The number of morpholine rings is 1. The second-order valence-electron chi connectivity index (χ2n) is 8.23. The summed E-state index contributed by atoms with van der Waals surface area (Å²) in [6, 6.07) is 3.98. The van der Waals surface area contributed by atoms with Crippen LogP contribution in [-0.4, -0.2) is 75.0 Å². The molecular formula is C21H30N6O2. The Labute approximate surface area is 171 Å². The number of ether oxygens (including phenoxy) is 1. The third kappa shape index (κ3) is 4.76. The van der Waals surface area contributed by atoms with Crippen molar-refractivity contribution in [2.75, 3.05) is 31.5 Å². The van der Waals surface area contributed by atoms with E-state index in [9.17, 15) is 4.79 Å². The minimum absolute atomic E-state index is 0.0716. The third-order valence-electron chi connectivity index (χ3n) is 5.64. The summed E-state index contributed by atoms with van der Waals surface area (Å²) in [6.45, 7) is 7.75. The molecule has 3 unspecified atom stereocenters. The molecule has 2 aromatic rings. The molecule has 1 N–H and O–H groups in total. The molecule has 2 aliphatic rings. The number of rotatable bonds is 4. The minimum atomic E-state index is -0.0716. The fourth-order valence-corrected chi connectivity index (χ4v) is 4.45. The first-order valence-corrected chi connectivity index (χ1v) is 10.4. The first kappa shape index (κ1) is 19.8. The number of hydrogen-bond acceptors (Lipinski definition) is 5. The Balaban J connectivity index is 1.40. The number of urea groups is 1. The van der Waals surface area contributed by atoms with E-state index in [0.717, 1.165) is 50.1 Å². The molecule has 0 aromatic carbocycles. The van der Waals surface area contributed by atoms with Gasteiger partial charge in [-0.25, -0.2) is 9.78 Å². The molecule has 0 radical (unpaired) electrons. The van der Waals surface area contributed by atoms with E-state index in [0.29, 0.717) is 5.82 Å². The van der Waals surface area contributed by atoms with Crippen LogP contribution in [0, 0.1) is 0 Å². The van der Waals surface area contributed by atoms with Crippen LogP contribution >= 0.6 is 0 Å².